The fourth-order valence-electron chi connectivity index (χ4n) is 1.81. The summed E-state index contributed by atoms with van der Waals surface area (Å²) in [5.74, 6) is -0.344. The molecule has 3 nitrogen and oxygen atoms in total. The molecule has 0 atom stereocenters. The monoisotopic (exact) mass is 236 g/mol. The second-order valence-electron chi connectivity index (χ2n) is 4.04. The smallest absolute Gasteiger partial charge is 0.338 e. The minimum atomic E-state index is -0.859. The average Bonchev–Trinajstić information content (AvgIpc) is 2.38. The number of esters is 1. The van der Waals surface area contributed by atoms with Crippen LogP contribution in [0.5, 0.6) is 0 Å². The van der Waals surface area contributed by atoms with E-state index in [9.17, 15) is 9.90 Å². The molecule has 0 aliphatic rings. The van der Waals surface area contributed by atoms with Crippen LogP contribution in [0, 0.1) is 0 Å². The van der Waals surface area contributed by atoms with Crippen molar-refractivity contribution >= 4 is 5.97 Å². The Morgan fingerprint density at radius 1 is 1.29 bits per heavy atom. The summed E-state index contributed by atoms with van der Waals surface area (Å²) in [5.41, 5.74) is 0.403. The van der Waals surface area contributed by atoms with Crippen molar-refractivity contribution in [3.63, 3.8) is 0 Å². The molecule has 0 amide bonds. The highest BCUT2D eigenvalue weighted by molar-refractivity contribution is 5.89. The Hall–Kier alpha value is -1.35. The summed E-state index contributed by atoms with van der Waals surface area (Å²) >= 11 is 0. The number of aliphatic hydroxyl groups is 1. The van der Waals surface area contributed by atoms with Crippen molar-refractivity contribution in [2.45, 2.75) is 39.2 Å². The van der Waals surface area contributed by atoms with Crippen molar-refractivity contribution < 1.29 is 14.6 Å². The van der Waals surface area contributed by atoms with E-state index < -0.39 is 5.60 Å². The van der Waals surface area contributed by atoms with Crippen LogP contribution >= 0.6 is 0 Å². The molecular weight excluding hydrogens is 216 g/mol. The largest absolute Gasteiger partial charge is 0.462 e. The molecule has 0 saturated heterocycles. The van der Waals surface area contributed by atoms with Gasteiger partial charge in [-0.15, -0.1) is 0 Å². The maximum Gasteiger partial charge on any atom is 0.338 e. The van der Waals surface area contributed by atoms with Crippen LogP contribution in [0.15, 0.2) is 24.3 Å². The highest BCUT2D eigenvalue weighted by Gasteiger charge is 2.25. The highest BCUT2D eigenvalue weighted by atomic mass is 16.5. The predicted molar refractivity (Wildman–Crippen MR) is 66.9 cm³/mol. The number of carbonyl (C=O) groups excluding carboxylic acids is 1. The summed E-state index contributed by atoms with van der Waals surface area (Å²) < 4.78 is 4.94. The first-order valence-electron chi connectivity index (χ1n) is 6.07. The Bertz CT molecular complexity index is 381. The van der Waals surface area contributed by atoms with Crippen LogP contribution in [-0.2, 0) is 10.3 Å². The maximum atomic E-state index is 11.6. The van der Waals surface area contributed by atoms with E-state index >= 15 is 0 Å². The Morgan fingerprint density at radius 3 is 2.47 bits per heavy atom. The molecule has 0 spiro atoms. The molecule has 0 fully saturated rings. The lowest BCUT2D eigenvalue weighted by Crippen LogP contribution is -2.23. The van der Waals surface area contributed by atoms with E-state index in [1.54, 1.807) is 25.1 Å². The van der Waals surface area contributed by atoms with Gasteiger partial charge in [-0.2, -0.15) is 0 Å². The van der Waals surface area contributed by atoms with E-state index in [4.69, 9.17) is 4.74 Å². The van der Waals surface area contributed by atoms with Gasteiger partial charge in [0.25, 0.3) is 0 Å². The van der Waals surface area contributed by atoms with Crippen LogP contribution in [0.4, 0.5) is 0 Å². The third-order valence-electron chi connectivity index (χ3n) is 3.08. The van der Waals surface area contributed by atoms with Gasteiger partial charge in [0.15, 0.2) is 0 Å². The van der Waals surface area contributed by atoms with Crippen LogP contribution in [0.25, 0.3) is 0 Å². The van der Waals surface area contributed by atoms with E-state index in [1.165, 1.54) is 0 Å². The minimum Gasteiger partial charge on any atom is -0.462 e. The van der Waals surface area contributed by atoms with Gasteiger partial charge in [0.1, 0.15) is 0 Å². The molecule has 0 radical (unpaired) electrons. The van der Waals surface area contributed by atoms with Gasteiger partial charge in [0.2, 0.25) is 0 Å². The molecule has 0 bridgehead atoms. The average molecular weight is 236 g/mol. The van der Waals surface area contributed by atoms with E-state index in [-0.39, 0.29) is 5.97 Å². The Balaban J connectivity index is 3.04. The summed E-state index contributed by atoms with van der Waals surface area (Å²) in [6.07, 6.45) is 1.24. The van der Waals surface area contributed by atoms with Gasteiger partial charge in [-0.25, -0.2) is 4.79 Å². The molecule has 0 aliphatic carbocycles. The van der Waals surface area contributed by atoms with Crippen molar-refractivity contribution in [2.24, 2.45) is 0 Å². The van der Waals surface area contributed by atoms with Crippen LogP contribution in [-0.4, -0.2) is 17.7 Å². The standard InChI is InChI=1S/C14H20O3/c1-4-14(16,5-2)12-9-7-8-11(10-12)13(15)17-6-3/h7-10,16H,4-6H2,1-3H3. The number of ether oxygens (including phenoxy) is 1. The van der Waals surface area contributed by atoms with Gasteiger partial charge in [0.05, 0.1) is 17.8 Å². The Kier molecular flexibility index (Phi) is 4.70. The number of benzene rings is 1. The summed E-state index contributed by atoms with van der Waals surface area (Å²) in [7, 11) is 0. The lowest BCUT2D eigenvalue weighted by Gasteiger charge is -2.26. The number of hydrogen-bond donors (Lipinski definition) is 1. The fraction of sp³-hybridized carbons (Fsp3) is 0.500. The van der Waals surface area contributed by atoms with Gasteiger partial charge in [-0.05, 0) is 37.5 Å². The fourth-order valence-corrected chi connectivity index (χ4v) is 1.81. The predicted octanol–water partition coefficient (Wildman–Crippen LogP) is 2.87. The zero-order valence-electron chi connectivity index (χ0n) is 10.7. The maximum absolute atomic E-state index is 11.6. The van der Waals surface area contributed by atoms with Gasteiger partial charge < -0.3 is 9.84 Å². The first-order chi connectivity index (χ1) is 8.07. The lowest BCUT2D eigenvalue weighted by molar-refractivity contribution is 0.0282. The van der Waals surface area contributed by atoms with E-state index in [1.807, 2.05) is 19.9 Å². The first-order valence-corrected chi connectivity index (χ1v) is 6.07. The van der Waals surface area contributed by atoms with Crippen LogP contribution in [0.3, 0.4) is 0 Å². The molecule has 94 valence electrons. The third kappa shape index (κ3) is 3.07. The second kappa shape index (κ2) is 5.82. The molecule has 1 aromatic rings. The van der Waals surface area contributed by atoms with Gasteiger partial charge in [0, 0.05) is 0 Å². The Morgan fingerprint density at radius 2 is 1.94 bits per heavy atom. The van der Waals surface area contributed by atoms with Crippen molar-refractivity contribution in [1.82, 2.24) is 0 Å². The molecule has 1 aromatic carbocycles. The highest BCUT2D eigenvalue weighted by Crippen LogP contribution is 2.28. The zero-order valence-corrected chi connectivity index (χ0v) is 10.7. The van der Waals surface area contributed by atoms with Gasteiger partial charge in [-0.1, -0.05) is 26.0 Å². The summed E-state index contributed by atoms with van der Waals surface area (Å²) in [6.45, 7) is 5.99. The van der Waals surface area contributed by atoms with E-state index in [0.717, 1.165) is 5.56 Å². The SMILES string of the molecule is CCOC(=O)c1cccc(C(O)(CC)CC)c1. The number of rotatable bonds is 5. The molecule has 0 aliphatic heterocycles. The van der Waals surface area contributed by atoms with Crippen molar-refractivity contribution in [1.29, 1.82) is 0 Å². The van der Waals surface area contributed by atoms with Crippen molar-refractivity contribution in [3.8, 4) is 0 Å². The molecule has 3 heteroatoms. The van der Waals surface area contributed by atoms with Crippen LogP contribution < -0.4 is 0 Å². The lowest BCUT2D eigenvalue weighted by atomic mass is 9.88. The van der Waals surface area contributed by atoms with Crippen molar-refractivity contribution in [3.05, 3.63) is 35.4 Å². The van der Waals surface area contributed by atoms with Gasteiger partial charge in [-0.3, -0.25) is 0 Å². The number of carbonyl (C=O) groups is 1. The zero-order chi connectivity index (χ0) is 12.9. The summed E-state index contributed by atoms with van der Waals surface area (Å²) in [5, 5.41) is 10.4. The normalized spacial score (nSPS) is 11.3. The van der Waals surface area contributed by atoms with Crippen molar-refractivity contribution in [2.75, 3.05) is 6.61 Å². The molecule has 0 saturated carbocycles. The Labute approximate surface area is 102 Å². The van der Waals surface area contributed by atoms with E-state index in [0.29, 0.717) is 25.0 Å². The van der Waals surface area contributed by atoms with E-state index in [2.05, 4.69) is 0 Å². The molecule has 1 rings (SSSR count). The van der Waals surface area contributed by atoms with Crippen LogP contribution in [0.2, 0.25) is 0 Å². The summed E-state index contributed by atoms with van der Waals surface area (Å²) in [4.78, 5) is 11.6. The quantitative estimate of drug-likeness (QED) is 0.800. The molecular formula is C14H20O3. The minimum absolute atomic E-state index is 0.344. The first kappa shape index (κ1) is 13.7. The third-order valence-corrected chi connectivity index (χ3v) is 3.08. The second-order valence-corrected chi connectivity index (χ2v) is 4.04. The molecule has 0 unspecified atom stereocenters. The molecule has 0 aromatic heterocycles. The van der Waals surface area contributed by atoms with Gasteiger partial charge >= 0.3 is 5.97 Å². The molecule has 1 N–H and O–H groups in total. The summed E-state index contributed by atoms with van der Waals surface area (Å²) in [6, 6.07) is 7.03. The van der Waals surface area contributed by atoms with Crippen LogP contribution in [0.1, 0.15) is 49.5 Å². The molecule has 0 heterocycles. The number of hydrogen-bond acceptors (Lipinski definition) is 3. The topological polar surface area (TPSA) is 46.5 Å². The molecule has 17 heavy (non-hydrogen) atoms.